The van der Waals surface area contributed by atoms with E-state index in [4.69, 9.17) is 32.5 Å². The van der Waals surface area contributed by atoms with Gasteiger partial charge in [0.2, 0.25) is 0 Å². The van der Waals surface area contributed by atoms with Crippen molar-refractivity contribution >= 4 is 36.9 Å². The van der Waals surface area contributed by atoms with Gasteiger partial charge < -0.3 is 29.8 Å². The molecule has 0 amide bonds. The molecule has 0 bridgehead atoms. The van der Waals surface area contributed by atoms with Gasteiger partial charge in [-0.1, -0.05) is 12.2 Å². The Morgan fingerprint density at radius 3 is 3.00 bits per heavy atom. The molecule has 2 aromatic rings. The van der Waals surface area contributed by atoms with Gasteiger partial charge in [-0.2, -0.15) is 0 Å². The minimum absolute atomic E-state index is 0.210. The molecule has 0 saturated carbocycles. The van der Waals surface area contributed by atoms with Crippen LogP contribution in [0, 0.1) is 4.64 Å². The zero-order valence-electron chi connectivity index (χ0n) is 10.4. The summed E-state index contributed by atoms with van der Waals surface area (Å²) in [4.78, 5) is 28.2. The van der Waals surface area contributed by atoms with Crippen LogP contribution in [0.25, 0.3) is 11.2 Å². The summed E-state index contributed by atoms with van der Waals surface area (Å²) >= 11 is 5.05. The third-order valence-electron chi connectivity index (χ3n) is 2.46. The molecule has 0 radical (unpaired) electrons. The number of aryl methyl sites for hydroxylation is 1. The van der Waals surface area contributed by atoms with Crippen LogP contribution >= 0.6 is 19.8 Å². The van der Waals surface area contributed by atoms with Crippen LogP contribution in [0.3, 0.4) is 0 Å². The van der Waals surface area contributed by atoms with Gasteiger partial charge in [-0.15, -0.1) is 0 Å². The predicted molar refractivity (Wildman–Crippen MR) is 74.6 cm³/mol. The monoisotopic (exact) mass is 319 g/mol. The standard InChI is InChI=1S/C9H14N5O4PS/c10-9-12-7-6(8(20)13-9)11-4-14(7)2-1-3-18-5-19(15,16)17/h4H,1-3,5H2,(H2,15,16,17)(H3,10,12,13,20). The van der Waals surface area contributed by atoms with E-state index < -0.39 is 13.9 Å². The summed E-state index contributed by atoms with van der Waals surface area (Å²) in [6, 6.07) is 0. The summed E-state index contributed by atoms with van der Waals surface area (Å²) in [5, 5.41) is 0. The number of hydrogen-bond donors (Lipinski definition) is 4. The van der Waals surface area contributed by atoms with Crippen molar-refractivity contribution in [2.24, 2.45) is 0 Å². The highest BCUT2D eigenvalue weighted by Crippen LogP contribution is 2.33. The minimum atomic E-state index is -4.10. The molecule has 20 heavy (non-hydrogen) atoms. The van der Waals surface area contributed by atoms with Crippen molar-refractivity contribution in [2.45, 2.75) is 13.0 Å². The number of rotatable bonds is 6. The van der Waals surface area contributed by atoms with Gasteiger partial charge in [0.05, 0.1) is 6.33 Å². The van der Waals surface area contributed by atoms with E-state index in [1.54, 1.807) is 10.9 Å². The molecule has 2 heterocycles. The first-order valence-electron chi connectivity index (χ1n) is 5.70. The van der Waals surface area contributed by atoms with Gasteiger partial charge in [0.1, 0.15) is 17.5 Å². The predicted octanol–water partition coefficient (Wildman–Crippen LogP) is 0.613. The molecule has 0 fully saturated rings. The Hall–Kier alpha value is -1.32. The van der Waals surface area contributed by atoms with E-state index in [2.05, 4.69) is 15.0 Å². The SMILES string of the molecule is Nc1nc(=S)c2ncn(CCCOCP(=O)(O)O)c2[nH]1. The molecule has 2 rings (SSSR count). The van der Waals surface area contributed by atoms with E-state index in [-0.39, 0.29) is 12.6 Å². The molecule has 0 aromatic carbocycles. The first-order valence-corrected chi connectivity index (χ1v) is 7.90. The number of anilines is 1. The first-order chi connectivity index (χ1) is 9.37. The third kappa shape index (κ3) is 3.84. The maximum Gasteiger partial charge on any atom is 0.350 e. The van der Waals surface area contributed by atoms with Gasteiger partial charge in [-0.05, 0) is 6.42 Å². The van der Waals surface area contributed by atoms with Crippen molar-refractivity contribution in [3.8, 4) is 0 Å². The largest absolute Gasteiger partial charge is 0.369 e. The molecular formula is C9H14N5O4PS. The lowest BCUT2D eigenvalue weighted by Crippen LogP contribution is -2.05. The van der Waals surface area contributed by atoms with Crippen LogP contribution in [-0.4, -0.2) is 42.3 Å². The zero-order chi connectivity index (χ0) is 14.8. The second-order valence-electron chi connectivity index (χ2n) is 4.12. The highest BCUT2D eigenvalue weighted by atomic mass is 32.1. The second kappa shape index (κ2) is 5.98. The number of nitrogens with two attached hydrogens (primary N) is 1. The highest BCUT2D eigenvalue weighted by molar-refractivity contribution is 7.71. The number of nitrogens with zero attached hydrogens (tertiary/aromatic N) is 3. The van der Waals surface area contributed by atoms with Gasteiger partial charge in [-0.25, -0.2) is 9.97 Å². The fraction of sp³-hybridized carbons (Fsp3) is 0.444. The van der Waals surface area contributed by atoms with Gasteiger partial charge in [-0.3, -0.25) is 4.57 Å². The van der Waals surface area contributed by atoms with Crippen LogP contribution < -0.4 is 5.73 Å². The average molecular weight is 319 g/mol. The van der Waals surface area contributed by atoms with Crippen molar-refractivity contribution in [1.29, 1.82) is 0 Å². The number of aromatic nitrogens is 4. The fourth-order valence-corrected chi connectivity index (χ4v) is 2.29. The highest BCUT2D eigenvalue weighted by Gasteiger charge is 2.12. The minimum Gasteiger partial charge on any atom is -0.369 e. The quantitative estimate of drug-likeness (QED) is 0.345. The normalized spacial score (nSPS) is 12.1. The molecule has 5 N–H and O–H groups in total. The Kier molecular flexibility index (Phi) is 4.51. The van der Waals surface area contributed by atoms with Gasteiger partial charge in [0.15, 0.2) is 10.6 Å². The maximum atomic E-state index is 10.6. The van der Waals surface area contributed by atoms with Gasteiger partial charge in [0.25, 0.3) is 0 Å². The van der Waals surface area contributed by atoms with Crippen molar-refractivity contribution in [3.63, 3.8) is 0 Å². The molecule has 0 unspecified atom stereocenters. The van der Waals surface area contributed by atoms with E-state index in [0.717, 1.165) is 0 Å². The summed E-state index contributed by atoms with van der Waals surface area (Å²) in [5.74, 6) is 0.210. The van der Waals surface area contributed by atoms with E-state index in [1.165, 1.54) is 0 Å². The van der Waals surface area contributed by atoms with Crippen LogP contribution in [0.5, 0.6) is 0 Å². The molecule has 0 spiro atoms. The number of fused-ring (bicyclic) bond motifs is 1. The van der Waals surface area contributed by atoms with Crippen molar-refractivity contribution in [3.05, 3.63) is 11.0 Å². The molecule has 0 aliphatic heterocycles. The van der Waals surface area contributed by atoms with E-state index >= 15 is 0 Å². The average Bonchev–Trinajstić information content (AvgIpc) is 2.70. The molecule has 110 valence electrons. The second-order valence-corrected chi connectivity index (χ2v) is 6.09. The maximum absolute atomic E-state index is 10.6. The molecule has 2 aromatic heterocycles. The molecule has 0 aliphatic carbocycles. The molecule has 0 aliphatic rings. The first kappa shape index (κ1) is 15.1. The lowest BCUT2D eigenvalue weighted by molar-refractivity contribution is 0.151. The number of ether oxygens (including phenoxy) is 1. The number of aromatic amines is 1. The molecule has 9 nitrogen and oxygen atoms in total. The van der Waals surface area contributed by atoms with E-state index in [9.17, 15) is 4.57 Å². The molecule has 0 atom stereocenters. The fourth-order valence-electron chi connectivity index (χ4n) is 1.67. The zero-order valence-corrected chi connectivity index (χ0v) is 12.1. The Morgan fingerprint density at radius 1 is 1.55 bits per heavy atom. The van der Waals surface area contributed by atoms with Crippen molar-refractivity contribution in [1.82, 2.24) is 19.5 Å². The third-order valence-corrected chi connectivity index (χ3v) is 3.26. The summed E-state index contributed by atoms with van der Waals surface area (Å²) in [7, 11) is -4.10. The Labute approximate surface area is 119 Å². The van der Waals surface area contributed by atoms with Crippen LogP contribution in [0.4, 0.5) is 5.95 Å². The lowest BCUT2D eigenvalue weighted by Gasteiger charge is -2.07. The van der Waals surface area contributed by atoms with Crippen LogP contribution in [-0.2, 0) is 15.8 Å². The number of hydrogen-bond acceptors (Lipinski definition) is 6. The Balaban J connectivity index is 1.97. The molecule has 11 heteroatoms. The van der Waals surface area contributed by atoms with E-state index in [0.29, 0.717) is 28.8 Å². The lowest BCUT2D eigenvalue weighted by atomic mass is 10.4. The van der Waals surface area contributed by atoms with Crippen LogP contribution in [0.2, 0.25) is 0 Å². The molecule has 0 saturated heterocycles. The number of nitrogen functional groups attached to an aromatic ring is 1. The van der Waals surface area contributed by atoms with Crippen LogP contribution in [0.1, 0.15) is 6.42 Å². The van der Waals surface area contributed by atoms with Gasteiger partial charge in [0, 0.05) is 13.2 Å². The Bertz CT molecular complexity index is 708. The van der Waals surface area contributed by atoms with Crippen molar-refractivity contribution < 1.29 is 19.1 Å². The molecular weight excluding hydrogens is 305 g/mol. The number of H-pyrrole nitrogens is 1. The van der Waals surface area contributed by atoms with Crippen molar-refractivity contribution in [2.75, 3.05) is 18.7 Å². The summed E-state index contributed by atoms with van der Waals surface area (Å²) in [5.41, 5.74) is 6.82. The van der Waals surface area contributed by atoms with Gasteiger partial charge >= 0.3 is 7.60 Å². The number of nitrogens with one attached hydrogen (secondary N) is 1. The smallest absolute Gasteiger partial charge is 0.350 e. The van der Waals surface area contributed by atoms with Crippen LogP contribution in [0.15, 0.2) is 6.33 Å². The summed E-state index contributed by atoms with van der Waals surface area (Å²) in [6.45, 7) is 0.776. The Morgan fingerprint density at radius 2 is 2.30 bits per heavy atom. The summed E-state index contributed by atoms with van der Waals surface area (Å²) in [6.07, 6.45) is 1.59. The topological polar surface area (TPSA) is 139 Å². The van der Waals surface area contributed by atoms with E-state index in [1.807, 2.05) is 0 Å². The number of imidazole rings is 1. The summed E-state index contributed by atoms with van der Waals surface area (Å²) < 4.78 is 17.6.